The lowest BCUT2D eigenvalue weighted by molar-refractivity contribution is -0.137. The molecule has 0 bridgehead atoms. The highest BCUT2D eigenvalue weighted by atomic mass is 16.5. The number of nitrogens with two attached hydrogens (primary N) is 1. The lowest BCUT2D eigenvalue weighted by Crippen LogP contribution is -2.50. The Balaban J connectivity index is 1.62. The molecule has 1 aliphatic rings. The van der Waals surface area contributed by atoms with Crippen molar-refractivity contribution in [1.29, 1.82) is 0 Å². The molecule has 6 nitrogen and oxygen atoms in total. The number of benzene rings is 2. The number of hydrogen-bond donors (Lipinski definition) is 3. The number of hydrogen-bond acceptors (Lipinski definition) is 4. The molecular weight excluding hydrogens is 318 g/mol. The largest absolute Gasteiger partial charge is 0.381 e. The maximum atomic E-state index is 12.5. The van der Waals surface area contributed by atoms with Crippen LogP contribution in [0.3, 0.4) is 0 Å². The van der Waals surface area contributed by atoms with Crippen molar-refractivity contribution in [3.63, 3.8) is 0 Å². The summed E-state index contributed by atoms with van der Waals surface area (Å²) in [5.41, 5.74) is 5.92. The SMILES string of the molecule is NCC1(C(=O)NCC(=O)Nc2cccc3ccccc23)CCOCC1. The van der Waals surface area contributed by atoms with Crippen molar-refractivity contribution in [2.24, 2.45) is 11.1 Å². The number of carbonyl (C=O) groups excluding carboxylic acids is 2. The van der Waals surface area contributed by atoms with Crippen molar-refractivity contribution in [2.75, 3.05) is 31.6 Å². The first kappa shape index (κ1) is 17.4. The van der Waals surface area contributed by atoms with E-state index in [1.807, 2.05) is 42.5 Å². The molecule has 132 valence electrons. The fraction of sp³-hybridized carbons (Fsp3) is 0.368. The molecule has 1 aliphatic heterocycles. The molecule has 25 heavy (non-hydrogen) atoms. The Kier molecular flexibility index (Phi) is 5.31. The molecule has 1 heterocycles. The standard InChI is InChI=1S/C19H23N3O3/c20-13-19(8-10-25-11-9-19)18(24)21-12-17(23)22-16-7-3-5-14-4-1-2-6-15(14)16/h1-7H,8-13,20H2,(H,21,24)(H,22,23). The highest BCUT2D eigenvalue weighted by Crippen LogP contribution is 2.29. The van der Waals surface area contributed by atoms with Crippen molar-refractivity contribution in [3.05, 3.63) is 42.5 Å². The number of ether oxygens (including phenoxy) is 1. The molecule has 2 aromatic carbocycles. The second-order valence-corrected chi connectivity index (χ2v) is 6.35. The van der Waals surface area contributed by atoms with Gasteiger partial charge in [-0.2, -0.15) is 0 Å². The van der Waals surface area contributed by atoms with Crippen LogP contribution in [0.25, 0.3) is 10.8 Å². The van der Waals surface area contributed by atoms with Gasteiger partial charge >= 0.3 is 0 Å². The highest BCUT2D eigenvalue weighted by molar-refractivity contribution is 6.03. The van der Waals surface area contributed by atoms with Gasteiger partial charge in [0.05, 0.1) is 12.0 Å². The Labute approximate surface area is 146 Å². The number of fused-ring (bicyclic) bond motifs is 1. The summed E-state index contributed by atoms with van der Waals surface area (Å²) >= 11 is 0. The van der Waals surface area contributed by atoms with Gasteiger partial charge in [-0.05, 0) is 24.3 Å². The molecule has 6 heteroatoms. The van der Waals surface area contributed by atoms with Crippen molar-refractivity contribution >= 4 is 28.3 Å². The maximum absolute atomic E-state index is 12.5. The summed E-state index contributed by atoms with van der Waals surface area (Å²) in [5, 5.41) is 7.60. The molecule has 4 N–H and O–H groups in total. The lowest BCUT2D eigenvalue weighted by Gasteiger charge is -2.34. The first-order chi connectivity index (χ1) is 12.1. The third-order valence-corrected chi connectivity index (χ3v) is 4.80. The van der Waals surface area contributed by atoms with Crippen molar-refractivity contribution in [1.82, 2.24) is 5.32 Å². The second-order valence-electron chi connectivity index (χ2n) is 6.35. The Morgan fingerprint density at radius 1 is 1.08 bits per heavy atom. The van der Waals surface area contributed by atoms with Crippen LogP contribution in [-0.2, 0) is 14.3 Å². The van der Waals surface area contributed by atoms with Crippen molar-refractivity contribution in [2.45, 2.75) is 12.8 Å². The first-order valence-electron chi connectivity index (χ1n) is 8.48. The van der Waals surface area contributed by atoms with Gasteiger partial charge in [-0.25, -0.2) is 0 Å². The minimum atomic E-state index is -0.627. The third kappa shape index (κ3) is 3.81. The molecule has 3 rings (SSSR count). The summed E-state index contributed by atoms with van der Waals surface area (Å²) in [6.45, 7) is 1.22. The molecule has 2 aromatic rings. The van der Waals surface area contributed by atoms with Crippen LogP contribution in [0.2, 0.25) is 0 Å². The average Bonchev–Trinajstić information content (AvgIpc) is 2.67. The van der Waals surface area contributed by atoms with Gasteiger partial charge in [-0.1, -0.05) is 36.4 Å². The van der Waals surface area contributed by atoms with E-state index in [4.69, 9.17) is 10.5 Å². The quantitative estimate of drug-likeness (QED) is 0.771. The van der Waals surface area contributed by atoms with E-state index in [1.54, 1.807) is 0 Å². The maximum Gasteiger partial charge on any atom is 0.243 e. The topological polar surface area (TPSA) is 93.5 Å². The van der Waals surface area contributed by atoms with Gasteiger partial charge in [0.15, 0.2) is 0 Å². The third-order valence-electron chi connectivity index (χ3n) is 4.80. The van der Waals surface area contributed by atoms with E-state index >= 15 is 0 Å². The molecule has 0 saturated carbocycles. The number of carbonyl (C=O) groups is 2. The van der Waals surface area contributed by atoms with Crippen LogP contribution in [-0.4, -0.2) is 38.1 Å². The number of anilines is 1. The Morgan fingerprint density at radius 2 is 1.80 bits per heavy atom. The lowest BCUT2D eigenvalue weighted by atomic mass is 9.79. The Morgan fingerprint density at radius 3 is 2.56 bits per heavy atom. The van der Waals surface area contributed by atoms with Crippen LogP contribution in [0.1, 0.15) is 12.8 Å². The van der Waals surface area contributed by atoms with Crippen molar-refractivity contribution in [3.8, 4) is 0 Å². The molecule has 0 atom stereocenters. The normalized spacial score (nSPS) is 16.4. The highest BCUT2D eigenvalue weighted by Gasteiger charge is 2.38. The van der Waals surface area contributed by atoms with Gasteiger partial charge < -0.3 is 21.1 Å². The van der Waals surface area contributed by atoms with Gasteiger partial charge in [-0.15, -0.1) is 0 Å². The van der Waals surface area contributed by atoms with Crippen LogP contribution >= 0.6 is 0 Å². The predicted octanol–water partition coefficient (Wildman–Crippen LogP) is 1.65. The van der Waals surface area contributed by atoms with E-state index in [9.17, 15) is 9.59 Å². The molecule has 1 saturated heterocycles. The van der Waals surface area contributed by atoms with Gasteiger partial charge in [-0.3, -0.25) is 9.59 Å². The van der Waals surface area contributed by atoms with E-state index in [0.29, 0.717) is 26.1 Å². The fourth-order valence-electron chi connectivity index (χ4n) is 3.16. The molecule has 0 radical (unpaired) electrons. The van der Waals surface area contributed by atoms with Crippen LogP contribution < -0.4 is 16.4 Å². The van der Waals surface area contributed by atoms with Gasteiger partial charge in [0.25, 0.3) is 0 Å². The molecular formula is C19H23N3O3. The minimum absolute atomic E-state index is 0.0787. The summed E-state index contributed by atoms with van der Waals surface area (Å²) in [7, 11) is 0. The second kappa shape index (κ2) is 7.63. The van der Waals surface area contributed by atoms with Crippen LogP contribution in [0.5, 0.6) is 0 Å². The summed E-state index contributed by atoms with van der Waals surface area (Å²) in [6, 6.07) is 13.6. The Hall–Kier alpha value is -2.44. The fourth-order valence-corrected chi connectivity index (χ4v) is 3.16. The predicted molar refractivity (Wildman–Crippen MR) is 97.1 cm³/mol. The minimum Gasteiger partial charge on any atom is -0.381 e. The van der Waals surface area contributed by atoms with E-state index in [0.717, 1.165) is 16.5 Å². The molecule has 0 spiro atoms. The summed E-state index contributed by atoms with van der Waals surface area (Å²) in [4.78, 5) is 24.7. The van der Waals surface area contributed by atoms with Crippen molar-refractivity contribution < 1.29 is 14.3 Å². The zero-order valence-electron chi connectivity index (χ0n) is 14.1. The van der Waals surface area contributed by atoms with E-state index in [2.05, 4.69) is 10.6 Å². The number of nitrogens with one attached hydrogen (secondary N) is 2. The molecule has 2 amide bonds. The smallest absolute Gasteiger partial charge is 0.243 e. The summed E-state index contributed by atoms with van der Waals surface area (Å²) < 4.78 is 5.31. The monoisotopic (exact) mass is 341 g/mol. The first-order valence-corrected chi connectivity index (χ1v) is 8.48. The molecule has 0 unspecified atom stereocenters. The van der Waals surface area contributed by atoms with Gasteiger partial charge in [0.2, 0.25) is 11.8 Å². The van der Waals surface area contributed by atoms with Gasteiger partial charge in [0, 0.05) is 30.8 Å². The van der Waals surface area contributed by atoms with Crippen LogP contribution in [0.15, 0.2) is 42.5 Å². The van der Waals surface area contributed by atoms with E-state index in [-0.39, 0.29) is 24.9 Å². The average molecular weight is 341 g/mol. The Bertz CT molecular complexity index is 764. The zero-order chi connectivity index (χ0) is 17.7. The number of amides is 2. The molecule has 0 aliphatic carbocycles. The summed E-state index contributed by atoms with van der Waals surface area (Å²) in [6.07, 6.45) is 1.17. The molecule has 0 aromatic heterocycles. The van der Waals surface area contributed by atoms with E-state index in [1.165, 1.54) is 0 Å². The summed E-state index contributed by atoms with van der Waals surface area (Å²) in [5.74, 6) is -0.435. The van der Waals surface area contributed by atoms with Gasteiger partial charge in [0.1, 0.15) is 0 Å². The van der Waals surface area contributed by atoms with Crippen LogP contribution in [0.4, 0.5) is 5.69 Å². The van der Waals surface area contributed by atoms with E-state index < -0.39 is 5.41 Å². The van der Waals surface area contributed by atoms with Crippen LogP contribution in [0, 0.1) is 5.41 Å². The number of rotatable bonds is 5. The molecule has 1 fully saturated rings. The zero-order valence-corrected chi connectivity index (χ0v) is 14.1.